The quantitative estimate of drug-likeness (QED) is 0.877. The number of pyridine rings is 2. The predicted molar refractivity (Wildman–Crippen MR) is 80.7 cm³/mol. The number of hydrogen-bond acceptors (Lipinski definition) is 4. The van der Waals surface area contributed by atoms with Gasteiger partial charge in [0.25, 0.3) is 0 Å². The van der Waals surface area contributed by atoms with Gasteiger partial charge in [0, 0.05) is 26.0 Å². The fourth-order valence-corrected chi connectivity index (χ4v) is 2.00. The first-order chi connectivity index (χ1) is 9.70. The van der Waals surface area contributed by atoms with Crippen LogP contribution in [0, 0.1) is 0 Å². The van der Waals surface area contributed by atoms with Crippen LogP contribution in [0.4, 0.5) is 5.69 Å². The normalized spacial score (nSPS) is 12.2. The molecule has 0 saturated carbocycles. The van der Waals surface area contributed by atoms with Crippen molar-refractivity contribution in [3.63, 3.8) is 0 Å². The highest BCUT2D eigenvalue weighted by molar-refractivity contribution is 5.44. The molecule has 4 nitrogen and oxygen atoms in total. The minimum absolute atomic E-state index is 0.467. The molecule has 0 amide bonds. The summed E-state index contributed by atoms with van der Waals surface area (Å²) in [5.41, 5.74) is 3.07. The maximum Gasteiger partial charge on any atom is 0.0957 e. The van der Waals surface area contributed by atoms with Crippen molar-refractivity contribution in [2.45, 2.75) is 25.9 Å². The highest BCUT2D eigenvalue weighted by Crippen LogP contribution is 2.17. The zero-order chi connectivity index (χ0) is 14.4. The van der Waals surface area contributed by atoms with Gasteiger partial charge in [0.05, 0.1) is 23.7 Å². The van der Waals surface area contributed by atoms with E-state index in [1.807, 2.05) is 56.8 Å². The van der Waals surface area contributed by atoms with E-state index in [0.717, 1.165) is 24.3 Å². The SMILES string of the molecule is CCC(O)c1ccc(N(C)CCc2ccncc2)cn1. The van der Waals surface area contributed by atoms with Crippen molar-refractivity contribution in [3.05, 3.63) is 54.1 Å². The van der Waals surface area contributed by atoms with Crippen molar-refractivity contribution in [2.75, 3.05) is 18.5 Å². The lowest BCUT2D eigenvalue weighted by molar-refractivity contribution is 0.169. The molecule has 0 aliphatic heterocycles. The van der Waals surface area contributed by atoms with E-state index in [2.05, 4.69) is 14.9 Å². The number of aromatic nitrogens is 2. The van der Waals surface area contributed by atoms with Gasteiger partial charge in [-0.25, -0.2) is 0 Å². The lowest BCUT2D eigenvalue weighted by Crippen LogP contribution is -2.20. The maximum absolute atomic E-state index is 9.73. The molecule has 2 rings (SSSR count). The van der Waals surface area contributed by atoms with Crippen molar-refractivity contribution in [1.82, 2.24) is 9.97 Å². The average molecular weight is 271 g/mol. The van der Waals surface area contributed by atoms with Gasteiger partial charge in [-0.2, -0.15) is 0 Å². The largest absolute Gasteiger partial charge is 0.387 e. The molecule has 0 fully saturated rings. The Morgan fingerprint density at radius 3 is 2.55 bits per heavy atom. The Bertz CT molecular complexity index is 513. The summed E-state index contributed by atoms with van der Waals surface area (Å²) in [7, 11) is 2.05. The third kappa shape index (κ3) is 3.78. The van der Waals surface area contributed by atoms with Crippen LogP contribution in [0.25, 0.3) is 0 Å². The number of rotatable bonds is 6. The Kier molecular flexibility index (Phi) is 5.07. The Morgan fingerprint density at radius 2 is 1.95 bits per heavy atom. The minimum atomic E-state index is -0.467. The molecule has 2 aromatic heterocycles. The lowest BCUT2D eigenvalue weighted by atomic mass is 10.1. The average Bonchev–Trinajstić information content (AvgIpc) is 2.53. The van der Waals surface area contributed by atoms with E-state index < -0.39 is 6.10 Å². The first-order valence-corrected chi connectivity index (χ1v) is 6.94. The number of anilines is 1. The van der Waals surface area contributed by atoms with Crippen LogP contribution in [0.2, 0.25) is 0 Å². The van der Waals surface area contributed by atoms with Crippen molar-refractivity contribution >= 4 is 5.69 Å². The summed E-state index contributed by atoms with van der Waals surface area (Å²) < 4.78 is 0. The van der Waals surface area contributed by atoms with Gasteiger partial charge in [0.2, 0.25) is 0 Å². The molecule has 0 radical (unpaired) electrons. The minimum Gasteiger partial charge on any atom is -0.387 e. The Morgan fingerprint density at radius 1 is 1.20 bits per heavy atom. The molecule has 0 saturated heterocycles. The molecule has 20 heavy (non-hydrogen) atoms. The first kappa shape index (κ1) is 14.5. The molecule has 1 unspecified atom stereocenters. The van der Waals surface area contributed by atoms with Crippen molar-refractivity contribution in [1.29, 1.82) is 0 Å². The number of aliphatic hydroxyl groups is 1. The summed E-state index contributed by atoms with van der Waals surface area (Å²) in [5.74, 6) is 0. The van der Waals surface area contributed by atoms with E-state index in [9.17, 15) is 5.11 Å². The lowest BCUT2D eigenvalue weighted by Gasteiger charge is -2.19. The molecule has 0 bridgehead atoms. The van der Waals surface area contributed by atoms with Crippen LogP contribution >= 0.6 is 0 Å². The fraction of sp³-hybridized carbons (Fsp3) is 0.375. The number of nitrogens with zero attached hydrogens (tertiary/aromatic N) is 3. The van der Waals surface area contributed by atoms with Crippen molar-refractivity contribution < 1.29 is 5.11 Å². The molecule has 0 aliphatic carbocycles. The van der Waals surface area contributed by atoms with Gasteiger partial charge < -0.3 is 10.0 Å². The molecule has 4 heteroatoms. The van der Waals surface area contributed by atoms with Gasteiger partial charge in [-0.3, -0.25) is 9.97 Å². The molecule has 106 valence electrons. The van der Waals surface area contributed by atoms with Crippen LogP contribution in [0.3, 0.4) is 0 Å². The first-order valence-electron chi connectivity index (χ1n) is 6.94. The van der Waals surface area contributed by atoms with Crippen molar-refractivity contribution in [2.24, 2.45) is 0 Å². The summed E-state index contributed by atoms with van der Waals surface area (Å²) in [4.78, 5) is 10.5. The van der Waals surface area contributed by atoms with Gasteiger partial charge in [-0.15, -0.1) is 0 Å². The van der Waals surface area contributed by atoms with E-state index in [1.165, 1.54) is 5.56 Å². The van der Waals surface area contributed by atoms with Gasteiger partial charge in [-0.1, -0.05) is 6.92 Å². The highest BCUT2D eigenvalue weighted by Gasteiger charge is 2.07. The molecule has 2 heterocycles. The van der Waals surface area contributed by atoms with Crippen LogP contribution in [-0.2, 0) is 6.42 Å². The summed E-state index contributed by atoms with van der Waals surface area (Å²) in [6.07, 6.45) is 6.64. The van der Waals surface area contributed by atoms with E-state index in [-0.39, 0.29) is 0 Å². The third-order valence-corrected chi connectivity index (χ3v) is 3.42. The van der Waals surface area contributed by atoms with E-state index >= 15 is 0 Å². The van der Waals surface area contributed by atoms with Crippen LogP contribution in [0.1, 0.15) is 30.7 Å². The van der Waals surface area contributed by atoms with Gasteiger partial charge in [0.1, 0.15) is 0 Å². The maximum atomic E-state index is 9.73. The highest BCUT2D eigenvalue weighted by atomic mass is 16.3. The monoisotopic (exact) mass is 271 g/mol. The van der Waals surface area contributed by atoms with E-state index in [1.54, 1.807) is 0 Å². The molecule has 0 aromatic carbocycles. The second-order valence-electron chi connectivity index (χ2n) is 4.89. The third-order valence-electron chi connectivity index (χ3n) is 3.42. The molecular weight excluding hydrogens is 250 g/mol. The topological polar surface area (TPSA) is 49.2 Å². The molecule has 0 aliphatic rings. The Labute approximate surface area is 120 Å². The summed E-state index contributed by atoms with van der Waals surface area (Å²) >= 11 is 0. The summed E-state index contributed by atoms with van der Waals surface area (Å²) in [5, 5.41) is 9.73. The predicted octanol–water partition coefficient (Wildman–Crippen LogP) is 2.60. The van der Waals surface area contributed by atoms with Crippen LogP contribution in [0.15, 0.2) is 42.9 Å². The summed E-state index contributed by atoms with van der Waals surface area (Å²) in [6.45, 7) is 2.86. The Hall–Kier alpha value is -1.94. The standard InChI is InChI=1S/C16H21N3O/c1-3-16(20)15-5-4-14(12-18-15)19(2)11-8-13-6-9-17-10-7-13/h4-7,9-10,12,16,20H,3,8,11H2,1-2H3. The molecule has 1 atom stereocenters. The van der Waals surface area contributed by atoms with Crippen LogP contribution < -0.4 is 4.90 Å². The zero-order valence-corrected chi connectivity index (χ0v) is 12.0. The van der Waals surface area contributed by atoms with Crippen LogP contribution in [0.5, 0.6) is 0 Å². The van der Waals surface area contributed by atoms with Gasteiger partial charge in [-0.05, 0) is 42.7 Å². The van der Waals surface area contributed by atoms with Gasteiger partial charge >= 0.3 is 0 Å². The molecule has 0 spiro atoms. The van der Waals surface area contributed by atoms with E-state index in [4.69, 9.17) is 0 Å². The number of aliphatic hydroxyl groups excluding tert-OH is 1. The molecule has 2 aromatic rings. The van der Waals surface area contributed by atoms with Crippen molar-refractivity contribution in [3.8, 4) is 0 Å². The van der Waals surface area contributed by atoms with E-state index in [0.29, 0.717) is 6.42 Å². The second kappa shape index (κ2) is 7.01. The van der Waals surface area contributed by atoms with Gasteiger partial charge in [0.15, 0.2) is 0 Å². The molecular formula is C16H21N3O. The zero-order valence-electron chi connectivity index (χ0n) is 12.0. The second-order valence-corrected chi connectivity index (χ2v) is 4.89. The summed E-state index contributed by atoms with van der Waals surface area (Å²) in [6, 6.07) is 7.97. The molecule has 1 N–H and O–H groups in total. The number of hydrogen-bond donors (Lipinski definition) is 1. The Balaban J connectivity index is 1.94. The van der Waals surface area contributed by atoms with Crippen LogP contribution in [-0.4, -0.2) is 28.7 Å². The smallest absolute Gasteiger partial charge is 0.0957 e. The number of likely N-dealkylation sites (N-methyl/N-ethyl adjacent to an activating group) is 1. The fourth-order valence-electron chi connectivity index (χ4n) is 2.00.